The standard InChI is InChI=1S/C55H40N2O/c1-55(2)49-24-13-12-21-44(49)47-35-43(29-31-50(47)55)57(41-27-25-38(26-28-41)37-15-6-3-7-16-37)51-32-34-53-54-45(22-14-23-46(51)54)48-36-42(30-33-52(48)58-53)56(39-17-8-4-9-18-39)40-19-10-5-11-20-40/h3-36H,1-2H3. The van der Waals surface area contributed by atoms with E-state index < -0.39 is 0 Å². The van der Waals surface area contributed by atoms with Crippen LogP contribution in [0, 0.1) is 0 Å². The number of rotatable bonds is 7. The minimum absolute atomic E-state index is 0.0763. The van der Waals surface area contributed by atoms with E-state index in [1.807, 2.05) is 0 Å². The van der Waals surface area contributed by atoms with Gasteiger partial charge in [0.05, 0.1) is 5.69 Å². The Balaban J connectivity index is 1.09. The maximum atomic E-state index is 6.79. The highest BCUT2D eigenvalue weighted by Crippen LogP contribution is 2.54. The summed E-state index contributed by atoms with van der Waals surface area (Å²) >= 11 is 0. The third kappa shape index (κ3) is 5.43. The van der Waals surface area contributed by atoms with Crippen molar-refractivity contribution in [3.8, 4) is 44.9 Å². The molecule has 0 saturated heterocycles. The molecule has 1 aliphatic carbocycles. The lowest BCUT2D eigenvalue weighted by Crippen LogP contribution is -2.15. The Morgan fingerprint density at radius 3 is 1.64 bits per heavy atom. The molecule has 0 fully saturated rings. The molecule has 3 heteroatoms. The number of anilines is 6. The lowest BCUT2D eigenvalue weighted by molar-refractivity contribution is 0.487. The van der Waals surface area contributed by atoms with Crippen LogP contribution < -0.4 is 14.5 Å². The van der Waals surface area contributed by atoms with Gasteiger partial charge in [-0.2, -0.15) is 0 Å². The molecule has 0 unspecified atom stereocenters. The highest BCUT2D eigenvalue weighted by molar-refractivity contribution is 6.11. The molecule has 0 radical (unpaired) electrons. The second kappa shape index (κ2) is 13.4. The van der Waals surface area contributed by atoms with Crippen LogP contribution in [0.4, 0.5) is 34.1 Å². The first kappa shape index (κ1) is 33.9. The van der Waals surface area contributed by atoms with Crippen LogP contribution in [-0.4, -0.2) is 0 Å². The maximum Gasteiger partial charge on any atom is 0.136 e. The van der Waals surface area contributed by atoms with Gasteiger partial charge >= 0.3 is 0 Å². The molecule has 11 rings (SSSR count). The fourth-order valence-corrected chi connectivity index (χ4v) is 9.25. The quantitative estimate of drug-likeness (QED) is 0.162. The van der Waals surface area contributed by atoms with Crippen molar-refractivity contribution >= 4 is 44.9 Å². The lowest BCUT2D eigenvalue weighted by atomic mass is 9.82. The normalized spacial score (nSPS) is 12.9. The van der Waals surface area contributed by atoms with Gasteiger partial charge in [-0.05, 0) is 118 Å². The number of para-hydroxylation sites is 2. The van der Waals surface area contributed by atoms with Crippen LogP contribution in [0.5, 0.6) is 11.5 Å². The molecule has 0 saturated carbocycles. The molecule has 3 nitrogen and oxygen atoms in total. The number of hydrogen-bond acceptors (Lipinski definition) is 3. The second-order valence-electron chi connectivity index (χ2n) is 15.7. The molecule has 0 atom stereocenters. The maximum absolute atomic E-state index is 6.79. The molecule has 58 heavy (non-hydrogen) atoms. The SMILES string of the molecule is CC1(C)c2ccccc2-c2cc(N(c3ccc(-c4ccccc4)cc3)c3ccc4c5c(cccc35)-c3cc(N(c5ccccc5)c5ccccc5)ccc3O4)ccc21. The van der Waals surface area contributed by atoms with Crippen molar-refractivity contribution in [2.45, 2.75) is 19.3 Å². The first-order valence-corrected chi connectivity index (χ1v) is 20.0. The first-order valence-electron chi connectivity index (χ1n) is 20.0. The number of fused-ring (bicyclic) bond motifs is 5. The summed E-state index contributed by atoms with van der Waals surface area (Å²) in [5.41, 5.74) is 16.4. The molecule has 0 N–H and O–H groups in total. The summed E-state index contributed by atoms with van der Waals surface area (Å²) in [5, 5.41) is 2.23. The topological polar surface area (TPSA) is 15.7 Å². The fourth-order valence-electron chi connectivity index (χ4n) is 9.25. The van der Waals surface area contributed by atoms with Crippen LogP contribution in [0.1, 0.15) is 25.0 Å². The van der Waals surface area contributed by atoms with Crippen molar-refractivity contribution < 1.29 is 4.74 Å². The number of ether oxygens (including phenoxy) is 1. The van der Waals surface area contributed by atoms with Crippen LogP contribution in [-0.2, 0) is 5.41 Å². The molecule has 0 spiro atoms. The van der Waals surface area contributed by atoms with Gasteiger partial charge in [0.25, 0.3) is 0 Å². The molecule has 0 aromatic heterocycles. The van der Waals surface area contributed by atoms with Gasteiger partial charge in [-0.25, -0.2) is 0 Å². The van der Waals surface area contributed by atoms with Crippen molar-refractivity contribution in [3.63, 3.8) is 0 Å². The summed E-state index contributed by atoms with van der Waals surface area (Å²) in [6, 6.07) is 74.2. The van der Waals surface area contributed by atoms with Crippen LogP contribution in [0.3, 0.4) is 0 Å². The van der Waals surface area contributed by atoms with Crippen molar-refractivity contribution in [1.82, 2.24) is 0 Å². The van der Waals surface area contributed by atoms with E-state index in [4.69, 9.17) is 4.74 Å². The molecular weight excluding hydrogens is 705 g/mol. The Morgan fingerprint density at radius 2 is 0.897 bits per heavy atom. The predicted octanol–water partition coefficient (Wildman–Crippen LogP) is 15.5. The van der Waals surface area contributed by atoms with Crippen LogP contribution in [0.15, 0.2) is 206 Å². The first-order chi connectivity index (χ1) is 28.5. The second-order valence-corrected chi connectivity index (χ2v) is 15.7. The largest absolute Gasteiger partial charge is 0.456 e. The van der Waals surface area contributed by atoms with E-state index in [9.17, 15) is 0 Å². The van der Waals surface area contributed by atoms with Gasteiger partial charge in [-0.3, -0.25) is 0 Å². The van der Waals surface area contributed by atoms with Crippen molar-refractivity contribution in [2.24, 2.45) is 0 Å². The molecule has 2 aliphatic rings. The zero-order chi connectivity index (χ0) is 38.8. The summed E-state index contributed by atoms with van der Waals surface area (Å²) < 4.78 is 6.79. The summed E-state index contributed by atoms with van der Waals surface area (Å²) in [5.74, 6) is 1.72. The molecule has 276 valence electrons. The minimum atomic E-state index is -0.0763. The van der Waals surface area contributed by atoms with E-state index in [-0.39, 0.29) is 5.41 Å². The monoisotopic (exact) mass is 744 g/mol. The van der Waals surface area contributed by atoms with E-state index >= 15 is 0 Å². The van der Waals surface area contributed by atoms with Gasteiger partial charge in [0.15, 0.2) is 0 Å². The molecule has 0 amide bonds. The molecule has 9 aromatic rings. The van der Waals surface area contributed by atoms with Crippen LogP contribution in [0.25, 0.3) is 44.2 Å². The Morgan fingerprint density at radius 1 is 0.362 bits per heavy atom. The van der Waals surface area contributed by atoms with Crippen LogP contribution in [0.2, 0.25) is 0 Å². The van der Waals surface area contributed by atoms with E-state index in [1.54, 1.807) is 0 Å². The van der Waals surface area contributed by atoms with E-state index in [2.05, 4.69) is 230 Å². The van der Waals surface area contributed by atoms with Crippen LogP contribution >= 0.6 is 0 Å². The number of benzene rings is 9. The van der Waals surface area contributed by atoms with E-state index in [1.165, 1.54) is 33.4 Å². The zero-order valence-corrected chi connectivity index (χ0v) is 32.4. The Hall–Kier alpha value is -7.36. The van der Waals surface area contributed by atoms with E-state index in [0.717, 1.165) is 67.5 Å². The summed E-state index contributed by atoms with van der Waals surface area (Å²) in [4.78, 5) is 4.73. The van der Waals surface area contributed by atoms with Gasteiger partial charge in [0, 0.05) is 50.2 Å². The highest BCUT2D eigenvalue weighted by atomic mass is 16.5. The van der Waals surface area contributed by atoms with Gasteiger partial charge in [0.2, 0.25) is 0 Å². The number of nitrogens with zero attached hydrogens (tertiary/aromatic N) is 2. The molecule has 1 aliphatic heterocycles. The smallest absolute Gasteiger partial charge is 0.136 e. The summed E-state index contributed by atoms with van der Waals surface area (Å²) in [7, 11) is 0. The Bertz CT molecular complexity index is 2950. The third-order valence-electron chi connectivity index (χ3n) is 12.0. The van der Waals surface area contributed by atoms with E-state index in [0.29, 0.717) is 0 Å². The minimum Gasteiger partial charge on any atom is -0.456 e. The number of hydrogen-bond donors (Lipinski definition) is 0. The molecule has 9 aromatic carbocycles. The molecule has 0 bridgehead atoms. The zero-order valence-electron chi connectivity index (χ0n) is 32.4. The van der Waals surface area contributed by atoms with Gasteiger partial charge < -0.3 is 14.5 Å². The summed E-state index contributed by atoms with van der Waals surface area (Å²) in [6.45, 7) is 4.68. The summed E-state index contributed by atoms with van der Waals surface area (Å²) in [6.07, 6.45) is 0. The highest BCUT2D eigenvalue weighted by Gasteiger charge is 2.36. The van der Waals surface area contributed by atoms with Gasteiger partial charge in [-0.1, -0.05) is 141 Å². The average molecular weight is 745 g/mol. The Kier molecular flexibility index (Phi) is 7.84. The Labute approximate surface area is 339 Å². The van der Waals surface area contributed by atoms with Crippen molar-refractivity contribution in [3.05, 3.63) is 217 Å². The van der Waals surface area contributed by atoms with Gasteiger partial charge in [-0.15, -0.1) is 0 Å². The molecular formula is C55H40N2O. The average Bonchev–Trinajstić information content (AvgIpc) is 3.51. The predicted molar refractivity (Wildman–Crippen MR) is 242 cm³/mol. The lowest BCUT2D eigenvalue weighted by Gasteiger charge is -2.31. The van der Waals surface area contributed by atoms with Crippen molar-refractivity contribution in [2.75, 3.05) is 9.80 Å². The fraction of sp³-hybridized carbons (Fsp3) is 0.0545. The van der Waals surface area contributed by atoms with Gasteiger partial charge in [0.1, 0.15) is 11.5 Å². The molecule has 1 heterocycles. The van der Waals surface area contributed by atoms with Crippen molar-refractivity contribution in [1.29, 1.82) is 0 Å². The third-order valence-corrected chi connectivity index (χ3v) is 12.0.